The predicted molar refractivity (Wildman–Crippen MR) is 87.5 cm³/mol. The van der Waals surface area contributed by atoms with Gasteiger partial charge < -0.3 is 10.5 Å². The van der Waals surface area contributed by atoms with Gasteiger partial charge in [-0.3, -0.25) is 0 Å². The summed E-state index contributed by atoms with van der Waals surface area (Å²) in [6.07, 6.45) is 7.05. The van der Waals surface area contributed by atoms with Crippen molar-refractivity contribution in [2.45, 2.75) is 64.8 Å². The summed E-state index contributed by atoms with van der Waals surface area (Å²) in [6.45, 7) is 7.93. The number of fused-ring (bicyclic) bond motifs is 1. The molecule has 21 heavy (non-hydrogen) atoms. The second kappa shape index (κ2) is 5.31. The molecule has 3 rings (SSSR count). The molecular weight excluding hydrogens is 258 g/mol. The molecule has 0 saturated heterocycles. The molecule has 1 heterocycles. The molecule has 0 spiro atoms. The quantitative estimate of drug-likeness (QED) is 0.777. The van der Waals surface area contributed by atoms with Crippen molar-refractivity contribution >= 4 is 0 Å². The molecule has 0 amide bonds. The first-order valence-electron chi connectivity index (χ1n) is 8.44. The lowest BCUT2D eigenvalue weighted by Crippen LogP contribution is -2.36. The van der Waals surface area contributed by atoms with E-state index in [0.717, 1.165) is 37.5 Å². The van der Waals surface area contributed by atoms with Gasteiger partial charge in [-0.25, -0.2) is 0 Å². The van der Waals surface area contributed by atoms with Gasteiger partial charge in [0.1, 0.15) is 5.75 Å². The first kappa shape index (κ1) is 14.9. The van der Waals surface area contributed by atoms with Gasteiger partial charge in [0.25, 0.3) is 0 Å². The van der Waals surface area contributed by atoms with Crippen molar-refractivity contribution < 1.29 is 4.74 Å². The molecule has 1 fully saturated rings. The summed E-state index contributed by atoms with van der Waals surface area (Å²) in [5.74, 6) is 1.85. The number of benzene rings is 1. The Morgan fingerprint density at radius 2 is 2.00 bits per heavy atom. The molecule has 2 N–H and O–H groups in total. The van der Waals surface area contributed by atoms with Crippen molar-refractivity contribution in [2.75, 3.05) is 6.61 Å². The van der Waals surface area contributed by atoms with E-state index in [1.165, 1.54) is 30.4 Å². The molecular formula is C19H29NO. The lowest BCUT2D eigenvalue weighted by molar-refractivity contribution is 0.211. The number of nitrogens with two attached hydrogens (primary N) is 1. The summed E-state index contributed by atoms with van der Waals surface area (Å²) in [7, 11) is 0. The summed E-state index contributed by atoms with van der Waals surface area (Å²) >= 11 is 0. The zero-order valence-electron chi connectivity index (χ0n) is 13.7. The third kappa shape index (κ3) is 2.96. The Balaban J connectivity index is 1.81. The van der Waals surface area contributed by atoms with Gasteiger partial charge in [-0.2, -0.15) is 0 Å². The molecule has 2 aliphatic rings. The number of hydrogen-bond donors (Lipinski definition) is 1. The van der Waals surface area contributed by atoms with Gasteiger partial charge in [0.15, 0.2) is 0 Å². The molecule has 0 radical (unpaired) electrons. The topological polar surface area (TPSA) is 35.2 Å². The average molecular weight is 287 g/mol. The first-order valence-corrected chi connectivity index (χ1v) is 8.44. The van der Waals surface area contributed by atoms with Gasteiger partial charge in [-0.1, -0.05) is 39.3 Å². The Kier molecular flexibility index (Phi) is 3.77. The van der Waals surface area contributed by atoms with Gasteiger partial charge in [0.05, 0.1) is 6.61 Å². The fourth-order valence-electron chi connectivity index (χ4n) is 4.02. The van der Waals surface area contributed by atoms with Crippen molar-refractivity contribution in [2.24, 2.45) is 17.1 Å². The van der Waals surface area contributed by atoms with Crippen LogP contribution in [-0.4, -0.2) is 6.61 Å². The Bertz CT molecular complexity index is 517. The summed E-state index contributed by atoms with van der Waals surface area (Å²) in [4.78, 5) is 0. The van der Waals surface area contributed by atoms with Crippen LogP contribution in [0.25, 0.3) is 0 Å². The van der Waals surface area contributed by atoms with Gasteiger partial charge in [-0.05, 0) is 54.2 Å². The van der Waals surface area contributed by atoms with E-state index in [1.54, 1.807) is 0 Å². The normalized spacial score (nSPS) is 29.6. The van der Waals surface area contributed by atoms with E-state index < -0.39 is 0 Å². The molecule has 1 aromatic carbocycles. The van der Waals surface area contributed by atoms with E-state index in [9.17, 15) is 0 Å². The lowest BCUT2D eigenvalue weighted by atomic mass is 9.75. The molecule has 0 aromatic heterocycles. The van der Waals surface area contributed by atoms with Crippen LogP contribution >= 0.6 is 0 Å². The minimum absolute atomic E-state index is 0.141. The van der Waals surface area contributed by atoms with Crippen molar-refractivity contribution in [1.29, 1.82) is 0 Å². The molecule has 2 nitrogen and oxygen atoms in total. The standard InChI is InChI=1S/C19H29NO/c1-18(2,3)15-5-4-10-19(20,11-8-15)16-6-7-17-14(13-16)9-12-21-17/h6-7,13,15H,4-5,8-12,20H2,1-3H3. The minimum atomic E-state index is -0.141. The second-order valence-electron chi connectivity index (χ2n) is 8.07. The smallest absolute Gasteiger partial charge is 0.122 e. The maximum Gasteiger partial charge on any atom is 0.122 e. The average Bonchev–Trinajstić information content (AvgIpc) is 2.78. The van der Waals surface area contributed by atoms with Gasteiger partial charge in [0.2, 0.25) is 0 Å². The Morgan fingerprint density at radius 1 is 1.19 bits per heavy atom. The van der Waals surface area contributed by atoms with Crippen LogP contribution in [0.5, 0.6) is 5.75 Å². The molecule has 0 bridgehead atoms. The van der Waals surface area contributed by atoms with Crippen LogP contribution in [0.4, 0.5) is 0 Å². The zero-order chi connectivity index (χ0) is 15.1. The Labute approximate surface area is 129 Å². The van der Waals surface area contributed by atoms with E-state index in [0.29, 0.717) is 5.41 Å². The summed E-state index contributed by atoms with van der Waals surface area (Å²) in [5.41, 5.74) is 9.76. The molecule has 116 valence electrons. The fourth-order valence-corrected chi connectivity index (χ4v) is 4.02. The van der Waals surface area contributed by atoms with Gasteiger partial charge >= 0.3 is 0 Å². The third-order valence-electron chi connectivity index (χ3n) is 5.60. The molecule has 2 atom stereocenters. The predicted octanol–water partition coefficient (Wildman–Crippen LogP) is 4.40. The van der Waals surface area contributed by atoms with E-state index in [1.807, 2.05) is 0 Å². The number of hydrogen-bond acceptors (Lipinski definition) is 2. The van der Waals surface area contributed by atoms with E-state index >= 15 is 0 Å². The molecule has 2 unspecified atom stereocenters. The van der Waals surface area contributed by atoms with Crippen molar-refractivity contribution in [1.82, 2.24) is 0 Å². The van der Waals surface area contributed by atoms with E-state index in [-0.39, 0.29) is 5.54 Å². The first-order chi connectivity index (χ1) is 9.88. The van der Waals surface area contributed by atoms with Gasteiger partial charge in [0, 0.05) is 12.0 Å². The van der Waals surface area contributed by atoms with Crippen molar-refractivity contribution in [3.05, 3.63) is 29.3 Å². The summed E-state index contributed by atoms with van der Waals surface area (Å²) < 4.78 is 5.62. The van der Waals surface area contributed by atoms with Crippen LogP contribution in [0.1, 0.15) is 64.0 Å². The van der Waals surface area contributed by atoms with Crippen LogP contribution in [-0.2, 0) is 12.0 Å². The maximum atomic E-state index is 6.84. The van der Waals surface area contributed by atoms with E-state index in [4.69, 9.17) is 10.5 Å². The Morgan fingerprint density at radius 3 is 2.76 bits per heavy atom. The largest absolute Gasteiger partial charge is 0.493 e. The van der Waals surface area contributed by atoms with Gasteiger partial charge in [-0.15, -0.1) is 0 Å². The molecule has 1 aliphatic heterocycles. The van der Waals surface area contributed by atoms with Crippen LogP contribution in [0.2, 0.25) is 0 Å². The highest BCUT2D eigenvalue weighted by atomic mass is 16.5. The summed E-state index contributed by atoms with van der Waals surface area (Å²) in [6, 6.07) is 6.62. The fraction of sp³-hybridized carbons (Fsp3) is 0.684. The Hall–Kier alpha value is -1.02. The highest BCUT2D eigenvalue weighted by Gasteiger charge is 2.35. The van der Waals surface area contributed by atoms with Crippen molar-refractivity contribution in [3.63, 3.8) is 0 Å². The number of rotatable bonds is 1. The zero-order valence-corrected chi connectivity index (χ0v) is 13.7. The SMILES string of the molecule is CC(C)(C)C1CCCC(N)(c2ccc3c(c2)CCO3)CC1. The van der Waals surface area contributed by atoms with Crippen molar-refractivity contribution in [3.8, 4) is 5.75 Å². The second-order valence-corrected chi connectivity index (χ2v) is 8.07. The van der Waals surface area contributed by atoms with Crippen LogP contribution in [0, 0.1) is 11.3 Å². The highest BCUT2D eigenvalue weighted by molar-refractivity contribution is 5.42. The molecule has 2 heteroatoms. The number of ether oxygens (including phenoxy) is 1. The van der Waals surface area contributed by atoms with Crippen LogP contribution < -0.4 is 10.5 Å². The molecule has 1 saturated carbocycles. The minimum Gasteiger partial charge on any atom is -0.493 e. The summed E-state index contributed by atoms with van der Waals surface area (Å²) in [5, 5.41) is 0. The highest BCUT2D eigenvalue weighted by Crippen LogP contribution is 2.43. The molecule has 1 aliphatic carbocycles. The maximum absolute atomic E-state index is 6.84. The van der Waals surface area contributed by atoms with Crippen LogP contribution in [0.15, 0.2) is 18.2 Å². The van der Waals surface area contributed by atoms with Crippen LogP contribution in [0.3, 0.4) is 0 Å². The van der Waals surface area contributed by atoms with E-state index in [2.05, 4.69) is 39.0 Å². The third-order valence-corrected chi connectivity index (χ3v) is 5.60. The molecule has 1 aromatic rings. The lowest BCUT2D eigenvalue weighted by Gasteiger charge is -2.32. The monoisotopic (exact) mass is 287 g/mol.